The molecule has 0 bridgehead atoms. The molecule has 26 heavy (non-hydrogen) atoms. The maximum atomic E-state index is 5.74. The van der Waals surface area contributed by atoms with Crippen molar-refractivity contribution in [1.29, 1.82) is 0 Å². The van der Waals surface area contributed by atoms with E-state index < -0.39 is 0 Å². The smallest absolute Gasteiger partial charge is 0.232 e. The highest BCUT2D eigenvalue weighted by Crippen LogP contribution is 2.16. The van der Waals surface area contributed by atoms with Gasteiger partial charge in [-0.05, 0) is 5.56 Å². The summed E-state index contributed by atoms with van der Waals surface area (Å²) in [5, 5.41) is 0. The van der Waals surface area contributed by atoms with Crippen LogP contribution < -0.4 is 10.5 Å². The molecular weight excluding hydrogens is 332 g/mol. The highest BCUT2D eigenvalue weighted by Gasteiger charge is 2.10. The summed E-state index contributed by atoms with van der Waals surface area (Å²) in [6.45, 7) is 5.29. The molecule has 0 atom stereocenters. The summed E-state index contributed by atoms with van der Waals surface area (Å²) in [5.41, 5.74) is 7.30. The van der Waals surface area contributed by atoms with Gasteiger partial charge in [-0.1, -0.05) is 30.3 Å². The van der Waals surface area contributed by atoms with Gasteiger partial charge in [0.25, 0.3) is 0 Å². The minimum Gasteiger partial charge on any atom is -0.485 e. The second-order valence-corrected chi connectivity index (χ2v) is 5.85. The summed E-state index contributed by atoms with van der Waals surface area (Å²) in [6, 6.07) is 9.88. The zero-order chi connectivity index (χ0) is 18.0. The Kier molecular flexibility index (Phi) is 6.80. The normalized spacial score (nSPS) is 15.6. The molecule has 7 nitrogen and oxygen atoms in total. The lowest BCUT2D eigenvalue weighted by atomic mass is 10.2. The third-order valence-corrected chi connectivity index (χ3v) is 4.03. The minimum atomic E-state index is 0.420. The Hall–Kier alpha value is -2.64. The molecule has 2 N–H and O–H groups in total. The summed E-state index contributed by atoms with van der Waals surface area (Å²) in [6.07, 6.45) is 4.59. The Bertz CT molecular complexity index is 686. The molecule has 2 heterocycles. The SMILES string of the molecule is N/C=C(/OCc1ccccc1)c1cnc(OCCN2CCOCC2)cn1. The van der Waals surface area contributed by atoms with Gasteiger partial charge < -0.3 is 19.9 Å². The van der Waals surface area contributed by atoms with Gasteiger partial charge in [-0.2, -0.15) is 0 Å². The maximum Gasteiger partial charge on any atom is 0.232 e. The van der Waals surface area contributed by atoms with Crippen molar-refractivity contribution >= 4 is 5.76 Å². The molecular formula is C19H24N4O3. The van der Waals surface area contributed by atoms with Crippen molar-refractivity contribution in [1.82, 2.24) is 14.9 Å². The molecule has 3 rings (SSSR count). The molecule has 0 unspecified atom stereocenters. The van der Waals surface area contributed by atoms with Crippen molar-refractivity contribution in [3.63, 3.8) is 0 Å². The molecule has 1 aromatic heterocycles. The van der Waals surface area contributed by atoms with E-state index in [9.17, 15) is 0 Å². The lowest BCUT2D eigenvalue weighted by Gasteiger charge is -2.26. The van der Waals surface area contributed by atoms with Gasteiger partial charge in [-0.3, -0.25) is 4.90 Å². The van der Waals surface area contributed by atoms with Crippen LogP contribution in [0.4, 0.5) is 0 Å². The first-order valence-electron chi connectivity index (χ1n) is 8.69. The number of nitrogens with two attached hydrogens (primary N) is 1. The summed E-state index contributed by atoms with van der Waals surface area (Å²) < 4.78 is 16.7. The lowest BCUT2D eigenvalue weighted by molar-refractivity contribution is 0.0320. The highest BCUT2D eigenvalue weighted by atomic mass is 16.5. The fourth-order valence-corrected chi connectivity index (χ4v) is 2.56. The maximum absolute atomic E-state index is 5.74. The quantitative estimate of drug-likeness (QED) is 0.720. The third kappa shape index (κ3) is 5.44. The van der Waals surface area contributed by atoms with E-state index in [0.717, 1.165) is 38.4 Å². The number of aromatic nitrogens is 2. The number of nitrogens with zero attached hydrogens (tertiary/aromatic N) is 3. The van der Waals surface area contributed by atoms with Crippen molar-refractivity contribution < 1.29 is 14.2 Å². The zero-order valence-corrected chi connectivity index (χ0v) is 14.7. The van der Waals surface area contributed by atoms with Gasteiger partial charge in [-0.25, -0.2) is 9.97 Å². The molecule has 2 aromatic rings. The van der Waals surface area contributed by atoms with Crippen LogP contribution in [0.15, 0.2) is 48.9 Å². The fourth-order valence-electron chi connectivity index (χ4n) is 2.56. The van der Waals surface area contributed by atoms with Crippen LogP contribution in [0.5, 0.6) is 5.88 Å². The fraction of sp³-hybridized carbons (Fsp3) is 0.368. The molecule has 0 aliphatic carbocycles. The van der Waals surface area contributed by atoms with Crippen LogP contribution >= 0.6 is 0 Å². The number of ether oxygens (including phenoxy) is 3. The van der Waals surface area contributed by atoms with Gasteiger partial charge in [-0.15, -0.1) is 0 Å². The van der Waals surface area contributed by atoms with Gasteiger partial charge >= 0.3 is 0 Å². The van der Waals surface area contributed by atoms with Crippen LogP contribution in [0.1, 0.15) is 11.3 Å². The second kappa shape index (κ2) is 9.74. The highest BCUT2D eigenvalue weighted by molar-refractivity contribution is 5.54. The van der Waals surface area contributed by atoms with Gasteiger partial charge in [0.2, 0.25) is 5.88 Å². The monoisotopic (exact) mass is 356 g/mol. The minimum absolute atomic E-state index is 0.420. The van der Waals surface area contributed by atoms with Crippen molar-refractivity contribution in [2.24, 2.45) is 5.73 Å². The van der Waals surface area contributed by atoms with Crippen LogP contribution in [-0.2, 0) is 16.1 Å². The Morgan fingerprint density at radius 1 is 1.15 bits per heavy atom. The predicted octanol–water partition coefficient (Wildman–Crippen LogP) is 1.66. The molecule has 0 amide bonds. The number of rotatable bonds is 8. The molecule has 0 spiro atoms. The van der Waals surface area contributed by atoms with Crippen molar-refractivity contribution in [3.8, 4) is 5.88 Å². The first-order chi connectivity index (χ1) is 12.8. The number of morpholine rings is 1. The van der Waals surface area contributed by atoms with E-state index in [-0.39, 0.29) is 0 Å². The van der Waals surface area contributed by atoms with E-state index in [1.807, 2.05) is 30.3 Å². The first-order valence-corrected chi connectivity index (χ1v) is 8.69. The average Bonchev–Trinajstić information content (AvgIpc) is 2.71. The largest absolute Gasteiger partial charge is 0.485 e. The predicted molar refractivity (Wildman–Crippen MR) is 98.2 cm³/mol. The number of hydrogen-bond donors (Lipinski definition) is 1. The molecule has 138 valence electrons. The van der Waals surface area contributed by atoms with E-state index in [1.54, 1.807) is 12.4 Å². The average molecular weight is 356 g/mol. The molecule has 1 aliphatic heterocycles. The zero-order valence-electron chi connectivity index (χ0n) is 14.7. The van der Waals surface area contributed by atoms with Gasteiger partial charge in [0, 0.05) is 25.8 Å². The topological polar surface area (TPSA) is 82.7 Å². The summed E-state index contributed by atoms with van der Waals surface area (Å²) >= 11 is 0. The molecule has 1 aromatic carbocycles. The van der Waals surface area contributed by atoms with Crippen molar-refractivity contribution in [2.45, 2.75) is 6.61 Å². The molecule has 1 saturated heterocycles. The molecule has 1 aliphatic rings. The van der Waals surface area contributed by atoms with E-state index in [2.05, 4.69) is 14.9 Å². The number of hydrogen-bond acceptors (Lipinski definition) is 7. The number of benzene rings is 1. The third-order valence-electron chi connectivity index (χ3n) is 4.03. The van der Waals surface area contributed by atoms with Gasteiger partial charge in [0.15, 0.2) is 5.76 Å². The molecule has 0 radical (unpaired) electrons. The van der Waals surface area contributed by atoms with E-state index >= 15 is 0 Å². The van der Waals surface area contributed by atoms with Gasteiger partial charge in [0.1, 0.15) is 18.9 Å². The van der Waals surface area contributed by atoms with E-state index in [4.69, 9.17) is 19.9 Å². The Morgan fingerprint density at radius 3 is 2.65 bits per heavy atom. The first kappa shape index (κ1) is 18.2. The summed E-state index contributed by atoms with van der Waals surface area (Å²) in [5.74, 6) is 0.975. The second-order valence-electron chi connectivity index (χ2n) is 5.85. The van der Waals surface area contributed by atoms with Crippen LogP contribution in [0.3, 0.4) is 0 Å². The van der Waals surface area contributed by atoms with E-state index in [1.165, 1.54) is 6.20 Å². The van der Waals surface area contributed by atoms with Crippen LogP contribution in [0.25, 0.3) is 5.76 Å². The van der Waals surface area contributed by atoms with Crippen molar-refractivity contribution in [3.05, 3.63) is 60.2 Å². The summed E-state index contributed by atoms with van der Waals surface area (Å²) in [4.78, 5) is 10.9. The Balaban J connectivity index is 1.47. The molecule has 0 saturated carbocycles. The van der Waals surface area contributed by atoms with Crippen LogP contribution in [-0.4, -0.2) is 54.3 Å². The Morgan fingerprint density at radius 2 is 1.96 bits per heavy atom. The van der Waals surface area contributed by atoms with Crippen molar-refractivity contribution in [2.75, 3.05) is 39.5 Å². The lowest BCUT2D eigenvalue weighted by Crippen LogP contribution is -2.38. The Labute approximate surface area is 153 Å². The molecule has 1 fully saturated rings. The molecule has 7 heteroatoms. The summed E-state index contributed by atoms with van der Waals surface area (Å²) in [7, 11) is 0. The van der Waals surface area contributed by atoms with E-state index in [0.29, 0.717) is 30.5 Å². The van der Waals surface area contributed by atoms with Gasteiger partial charge in [0.05, 0.1) is 25.6 Å². The van der Waals surface area contributed by atoms with Crippen LogP contribution in [0.2, 0.25) is 0 Å². The van der Waals surface area contributed by atoms with Crippen LogP contribution in [0, 0.1) is 0 Å². The standard InChI is InChI=1S/C19H24N4O3/c20-12-18(26-15-16-4-2-1-3-5-16)17-13-22-19(14-21-17)25-11-8-23-6-9-24-10-7-23/h1-5,12-14H,6-11,15,20H2/b18-12+.